The quantitative estimate of drug-likeness (QED) is 0.844. The van der Waals surface area contributed by atoms with Gasteiger partial charge >= 0.3 is 0 Å². The zero-order valence-corrected chi connectivity index (χ0v) is 10.9. The van der Waals surface area contributed by atoms with Crippen molar-refractivity contribution in [2.75, 3.05) is 7.05 Å². The van der Waals surface area contributed by atoms with Crippen molar-refractivity contribution in [3.63, 3.8) is 0 Å². The van der Waals surface area contributed by atoms with Gasteiger partial charge < -0.3 is 5.32 Å². The van der Waals surface area contributed by atoms with Crippen LogP contribution in [0.25, 0.3) is 0 Å². The monoisotopic (exact) mass is 252 g/mol. The lowest BCUT2D eigenvalue weighted by Crippen LogP contribution is -2.27. The van der Waals surface area contributed by atoms with Crippen LogP contribution in [0, 0.1) is 0 Å². The van der Waals surface area contributed by atoms with Crippen LogP contribution in [0.4, 0.5) is 0 Å². The Kier molecular flexibility index (Phi) is 3.03. The summed E-state index contributed by atoms with van der Waals surface area (Å²) in [5.41, 5.74) is 4.42. The average Bonchev–Trinajstić information content (AvgIpc) is 2.63. The van der Waals surface area contributed by atoms with Crippen molar-refractivity contribution in [2.24, 2.45) is 0 Å². The van der Waals surface area contributed by atoms with Gasteiger partial charge in [-0.1, -0.05) is 30.3 Å². The summed E-state index contributed by atoms with van der Waals surface area (Å²) < 4.78 is 0. The van der Waals surface area contributed by atoms with Crippen LogP contribution < -0.4 is 5.32 Å². The number of nitrogens with zero attached hydrogens (tertiary/aromatic N) is 1. The van der Waals surface area contributed by atoms with E-state index in [9.17, 15) is 4.79 Å². The molecule has 1 aromatic carbocycles. The highest BCUT2D eigenvalue weighted by Crippen LogP contribution is 2.33. The van der Waals surface area contributed by atoms with E-state index < -0.39 is 0 Å². The third kappa shape index (κ3) is 2.01. The molecule has 0 spiro atoms. The number of amides is 1. The van der Waals surface area contributed by atoms with Gasteiger partial charge in [-0.3, -0.25) is 9.78 Å². The topological polar surface area (TPSA) is 42.0 Å². The summed E-state index contributed by atoms with van der Waals surface area (Å²) in [6.45, 7) is 0. The number of carbonyl (C=O) groups is 1. The van der Waals surface area contributed by atoms with E-state index in [0.717, 1.165) is 29.7 Å². The maximum atomic E-state index is 12.3. The molecule has 19 heavy (non-hydrogen) atoms. The molecule has 2 aromatic rings. The van der Waals surface area contributed by atoms with E-state index in [1.54, 1.807) is 13.2 Å². The molecule has 0 radical (unpaired) electrons. The van der Waals surface area contributed by atoms with Gasteiger partial charge in [0, 0.05) is 18.9 Å². The van der Waals surface area contributed by atoms with E-state index in [2.05, 4.69) is 22.4 Å². The van der Waals surface area contributed by atoms with E-state index in [-0.39, 0.29) is 11.8 Å². The zero-order chi connectivity index (χ0) is 13.2. The van der Waals surface area contributed by atoms with Gasteiger partial charge in [0.15, 0.2) is 0 Å². The number of aromatic nitrogens is 1. The molecule has 3 nitrogen and oxygen atoms in total. The van der Waals surface area contributed by atoms with Crippen LogP contribution in [0.1, 0.15) is 28.3 Å². The highest BCUT2D eigenvalue weighted by molar-refractivity contribution is 5.87. The van der Waals surface area contributed by atoms with Crippen LogP contribution >= 0.6 is 0 Å². The minimum Gasteiger partial charge on any atom is -0.358 e. The summed E-state index contributed by atoms with van der Waals surface area (Å²) in [6, 6.07) is 12.1. The minimum atomic E-state index is -0.243. The third-order valence-corrected chi connectivity index (χ3v) is 3.74. The van der Waals surface area contributed by atoms with Gasteiger partial charge in [-0.15, -0.1) is 0 Å². The number of carbonyl (C=O) groups excluding carboxylic acids is 1. The van der Waals surface area contributed by atoms with E-state index in [4.69, 9.17) is 0 Å². The van der Waals surface area contributed by atoms with E-state index in [0.29, 0.717) is 0 Å². The lowest BCUT2D eigenvalue weighted by atomic mass is 9.88. The Bertz CT molecular complexity index is 574. The minimum absolute atomic E-state index is 0.0311. The standard InChI is InChI=1S/C16H16N2O/c1-17-16(19)15-12-6-3-2-5-11(12)8-9-14-13(15)7-4-10-18-14/h2-7,10,15H,8-9H2,1H3,(H,17,19)/t15-/m0/s1. The largest absolute Gasteiger partial charge is 0.358 e. The Balaban J connectivity index is 2.22. The first-order chi connectivity index (χ1) is 9.31. The van der Waals surface area contributed by atoms with Crippen LogP contribution in [0.3, 0.4) is 0 Å². The number of likely N-dealkylation sites (N-methyl/N-ethyl adjacent to an activating group) is 1. The molecule has 1 atom stereocenters. The van der Waals surface area contributed by atoms with Gasteiger partial charge in [-0.25, -0.2) is 0 Å². The fourth-order valence-electron chi connectivity index (χ4n) is 2.81. The van der Waals surface area contributed by atoms with Gasteiger partial charge in [-0.05, 0) is 35.6 Å². The summed E-state index contributed by atoms with van der Waals surface area (Å²) in [5.74, 6) is -0.212. The number of pyridine rings is 1. The zero-order valence-electron chi connectivity index (χ0n) is 10.9. The van der Waals surface area contributed by atoms with E-state index in [1.807, 2.05) is 24.3 Å². The number of nitrogens with one attached hydrogen (secondary N) is 1. The fraction of sp³-hybridized carbons (Fsp3) is 0.250. The summed E-state index contributed by atoms with van der Waals surface area (Å²) in [7, 11) is 1.69. The highest BCUT2D eigenvalue weighted by Gasteiger charge is 2.28. The molecule has 0 fully saturated rings. The smallest absolute Gasteiger partial charge is 0.231 e. The maximum absolute atomic E-state index is 12.3. The first-order valence-corrected chi connectivity index (χ1v) is 6.54. The Hall–Kier alpha value is -2.16. The number of rotatable bonds is 1. The number of fused-ring (bicyclic) bond motifs is 2. The van der Waals surface area contributed by atoms with Crippen molar-refractivity contribution in [3.8, 4) is 0 Å². The SMILES string of the molecule is CNC(=O)[C@H]1c2ccccc2CCc2ncccc21. The predicted octanol–water partition coefficient (Wildman–Crippen LogP) is 2.06. The molecule has 1 aromatic heterocycles. The molecular formula is C16H16N2O. The molecule has 1 heterocycles. The molecule has 3 rings (SSSR count). The Morgan fingerprint density at radius 1 is 1.16 bits per heavy atom. The fourth-order valence-corrected chi connectivity index (χ4v) is 2.81. The summed E-state index contributed by atoms with van der Waals surface area (Å²) in [5, 5.41) is 2.78. The van der Waals surface area contributed by atoms with E-state index >= 15 is 0 Å². The third-order valence-electron chi connectivity index (χ3n) is 3.74. The van der Waals surface area contributed by atoms with Crippen molar-refractivity contribution in [1.29, 1.82) is 0 Å². The number of benzene rings is 1. The lowest BCUT2D eigenvalue weighted by molar-refractivity contribution is -0.121. The molecule has 1 N–H and O–H groups in total. The molecule has 1 amide bonds. The van der Waals surface area contributed by atoms with Crippen LogP contribution in [-0.2, 0) is 17.6 Å². The second-order valence-electron chi connectivity index (χ2n) is 4.79. The Morgan fingerprint density at radius 2 is 1.95 bits per heavy atom. The molecule has 1 aliphatic rings. The van der Waals surface area contributed by atoms with Crippen LogP contribution in [-0.4, -0.2) is 17.9 Å². The molecule has 0 saturated heterocycles. The average molecular weight is 252 g/mol. The van der Waals surface area contributed by atoms with Crippen molar-refractivity contribution in [3.05, 3.63) is 65.0 Å². The highest BCUT2D eigenvalue weighted by atomic mass is 16.1. The number of hydrogen-bond acceptors (Lipinski definition) is 2. The van der Waals surface area contributed by atoms with Crippen molar-refractivity contribution >= 4 is 5.91 Å². The van der Waals surface area contributed by atoms with Crippen molar-refractivity contribution in [1.82, 2.24) is 10.3 Å². The van der Waals surface area contributed by atoms with Gasteiger partial charge in [0.2, 0.25) is 5.91 Å². The first kappa shape index (κ1) is 11.9. The normalized spacial score (nSPS) is 17.0. The van der Waals surface area contributed by atoms with Crippen LogP contribution in [0.5, 0.6) is 0 Å². The van der Waals surface area contributed by atoms with Gasteiger partial charge in [-0.2, -0.15) is 0 Å². The molecule has 0 aliphatic heterocycles. The molecule has 0 unspecified atom stereocenters. The van der Waals surface area contributed by atoms with Gasteiger partial charge in [0.05, 0.1) is 5.92 Å². The second kappa shape index (κ2) is 4.84. The maximum Gasteiger partial charge on any atom is 0.231 e. The van der Waals surface area contributed by atoms with Crippen molar-refractivity contribution < 1.29 is 4.79 Å². The lowest BCUT2D eigenvalue weighted by Gasteiger charge is -2.18. The summed E-state index contributed by atoms with van der Waals surface area (Å²) in [6.07, 6.45) is 3.63. The Morgan fingerprint density at radius 3 is 2.79 bits per heavy atom. The Labute approximate surface area is 112 Å². The number of hydrogen-bond donors (Lipinski definition) is 1. The van der Waals surface area contributed by atoms with E-state index in [1.165, 1.54) is 5.56 Å². The first-order valence-electron chi connectivity index (χ1n) is 6.54. The van der Waals surface area contributed by atoms with Crippen LogP contribution in [0.2, 0.25) is 0 Å². The van der Waals surface area contributed by atoms with Crippen LogP contribution in [0.15, 0.2) is 42.6 Å². The second-order valence-corrected chi connectivity index (χ2v) is 4.79. The molecule has 3 heteroatoms. The predicted molar refractivity (Wildman–Crippen MR) is 74.0 cm³/mol. The molecule has 0 bridgehead atoms. The molecular weight excluding hydrogens is 236 g/mol. The van der Waals surface area contributed by atoms with Gasteiger partial charge in [0.25, 0.3) is 0 Å². The number of aryl methyl sites for hydroxylation is 2. The molecule has 96 valence electrons. The molecule has 0 saturated carbocycles. The summed E-state index contributed by atoms with van der Waals surface area (Å²) in [4.78, 5) is 16.8. The molecule has 1 aliphatic carbocycles. The van der Waals surface area contributed by atoms with Crippen molar-refractivity contribution in [2.45, 2.75) is 18.8 Å². The van der Waals surface area contributed by atoms with Gasteiger partial charge in [0.1, 0.15) is 0 Å². The summed E-state index contributed by atoms with van der Waals surface area (Å²) >= 11 is 0.